The van der Waals surface area contributed by atoms with Gasteiger partial charge in [-0.1, -0.05) is 0 Å². The van der Waals surface area contributed by atoms with Crippen molar-refractivity contribution in [1.29, 1.82) is 0 Å². The lowest BCUT2D eigenvalue weighted by Crippen LogP contribution is -2.42. The van der Waals surface area contributed by atoms with E-state index in [1.807, 2.05) is 0 Å². The van der Waals surface area contributed by atoms with Gasteiger partial charge in [0.05, 0.1) is 13.0 Å². The van der Waals surface area contributed by atoms with E-state index >= 15 is 0 Å². The first-order chi connectivity index (χ1) is 9.10. The lowest BCUT2D eigenvalue weighted by atomic mass is 9.89. The lowest BCUT2D eigenvalue weighted by molar-refractivity contribution is -0.146. The quantitative estimate of drug-likeness (QED) is 0.853. The Morgan fingerprint density at radius 1 is 1.47 bits per heavy atom. The monoisotopic (exact) mass is 269 g/mol. The molecule has 1 aromatic rings. The molecular weight excluding hydrogens is 252 g/mol. The van der Waals surface area contributed by atoms with Crippen LogP contribution in [0.25, 0.3) is 0 Å². The molecule has 0 spiro atoms. The van der Waals surface area contributed by atoms with E-state index in [-0.39, 0.29) is 17.9 Å². The highest BCUT2D eigenvalue weighted by Gasteiger charge is 2.28. The first-order valence-corrected chi connectivity index (χ1v) is 6.35. The second-order valence-electron chi connectivity index (χ2n) is 4.84. The van der Waals surface area contributed by atoms with Crippen LogP contribution in [0.15, 0.2) is 18.2 Å². The fraction of sp³-hybridized carbons (Fsp3) is 0.500. The van der Waals surface area contributed by atoms with E-state index in [1.165, 1.54) is 13.2 Å². The van der Waals surface area contributed by atoms with Crippen molar-refractivity contribution in [3.8, 4) is 0 Å². The third-order valence-corrected chi connectivity index (χ3v) is 3.50. The van der Waals surface area contributed by atoms with Gasteiger partial charge in [-0.2, -0.15) is 0 Å². The van der Waals surface area contributed by atoms with E-state index in [9.17, 15) is 13.6 Å². The zero-order chi connectivity index (χ0) is 13.8. The largest absolute Gasteiger partial charge is 0.469 e. The number of ether oxygens (including phenoxy) is 1. The summed E-state index contributed by atoms with van der Waals surface area (Å²) in [6.07, 6.45) is 1.68. The van der Waals surface area contributed by atoms with Crippen LogP contribution in [-0.4, -0.2) is 25.7 Å². The van der Waals surface area contributed by atoms with Crippen LogP contribution in [0, 0.1) is 17.6 Å². The van der Waals surface area contributed by atoms with Crippen molar-refractivity contribution < 1.29 is 18.3 Å². The number of benzene rings is 1. The van der Waals surface area contributed by atoms with Crippen molar-refractivity contribution in [2.24, 2.45) is 5.92 Å². The molecule has 0 amide bonds. The topological polar surface area (TPSA) is 38.3 Å². The van der Waals surface area contributed by atoms with E-state index in [4.69, 9.17) is 4.74 Å². The molecule has 1 aromatic carbocycles. The van der Waals surface area contributed by atoms with Crippen molar-refractivity contribution in [1.82, 2.24) is 5.32 Å². The summed E-state index contributed by atoms with van der Waals surface area (Å²) in [4.78, 5) is 11.5. The van der Waals surface area contributed by atoms with Crippen LogP contribution in [0.1, 0.15) is 18.4 Å². The predicted octanol–water partition coefficient (Wildman–Crippen LogP) is 2.05. The molecule has 0 aromatic heterocycles. The molecule has 2 atom stereocenters. The van der Waals surface area contributed by atoms with E-state index in [0.717, 1.165) is 18.6 Å². The number of nitrogens with one attached hydrogen (secondary N) is 1. The average molecular weight is 269 g/mol. The zero-order valence-electron chi connectivity index (χ0n) is 10.8. The van der Waals surface area contributed by atoms with Crippen molar-refractivity contribution in [3.05, 3.63) is 35.4 Å². The second-order valence-corrected chi connectivity index (χ2v) is 4.84. The molecule has 1 N–H and O–H groups in total. The molecular formula is C14H17F2NO2. The summed E-state index contributed by atoms with van der Waals surface area (Å²) >= 11 is 0. The maximum Gasteiger partial charge on any atom is 0.308 e. The highest BCUT2D eigenvalue weighted by atomic mass is 19.1. The van der Waals surface area contributed by atoms with Crippen molar-refractivity contribution >= 4 is 5.97 Å². The van der Waals surface area contributed by atoms with Crippen LogP contribution < -0.4 is 5.32 Å². The molecule has 3 nitrogen and oxygen atoms in total. The summed E-state index contributed by atoms with van der Waals surface area (Å²) in [5.74, 6) is -1.25. The first kappa shape index (κ1) is 13.9. The highest BCUT2D eigenvalue weighted by molar-refractivity contribution is 5.72. The molecule has 1 fully saturated rings. The van der Waals surface area contributed by atoms with Gasteiger partial charge in [0.15, 0.2) is 0 Å². The molecule has 104 valence electrons. The van der Waals surface area contributed by atoms with E-state index < -0.39 is 11.6 Å². The number of halogens is 2. The van der Waals surface area contributed by atoms with Gasteiger partial charge in [-0.3, -0.25) is 4.79 Å². The summed E-state index contributed by atoms with van der Waals surface area (Å²) in [7, 11) is 1.37. The minimum Gasteiger partial charge on any atom is -0.469 e. The van der Waals surface area contributed by atoms with Gasteiger partial charge >= 0.3 is 5.97 Å². The fourth-order valence-corrected chi connectivity index (χ4v) is 2.51. The molecule has 2 rings (SSSR count). The summed E-state index contributed by atoms with van der Waals surface area (Å²) in [6.45, 7) is 0.682. The van der Waals surface area contributed by atoms with Crippen LogP contribution in [0.5, 0.6) is 0 Å². The summed E-state index contributed by atoms with van der Waals surface area (Å²) in [5.41, 5.74) is 0.336. The SMILES string of the molecule is COC(=O)C1CCNC(Cc2cc(F)ccc2F)C1. The smallest absolute Gasteiger partial charge is 0.308 e. The summed E-state index contributed by atoms with van der Waals surface area (Å²) in [5, 5.41) is 3.23. The molecule has 19 heavy (non-hydrogen) atoms. The van der Waals surface area contributed by atoms with Crippen LogP contribution in [-0.2, 0) is 16.0 Å². The number of carbonyl (C=O) groups excluding carboxylic acids is 1. The molecule has 0 saturated carbocycles. The van der Waals surface area contributed by atoms with Crippen molar-refractivity contribution in [3.63, 3.8) is 0 Å². The van der Waals surface area contributed by atoms with Gasteiger partial charge in [0.25, 0.3) is 0 Å². The molecule has 0 bridgehead atoms. The van der Waals surface area contributed by atoms with E-state index in [2.05, 4.69) is 5.32 Å². The minimum absolute atomic E-state index is 0.0332. The van der Waals surface area contributed by atoms with Crippen LogP contribution in [0.4, 0.5) is 8.78 Å². The molecule has 1 saturated heterocycles. The summed E-state index contributed by atoms with van der Waals surface area (Å²) in [6, 6.07) is 3.41. The fourth-order valence-electron chi connectivity index (χ4n) is 2.51. The number of esters is 1. The Hall–Kier alpha value is -1.49. The van der Waals surface area contributed by atoms with Gasteiger partial charge in [-0.05, 0) is 49.6 Å². The molecule has 1 aliphatic heterocycles. The third-order valence-electron chi connectivity index (χ3n) is 3.50. The lowest BCUT2D eigenvalue weighted by Gasteiger charge is -2.29. The Bertz CT molecular complexity index is 465. The number of carbonyl (C=O) groups is 1. The first-order valence-electron chi connectivity index (χ1n) is 6.35. The Kier molecular flexibility index (Phi) is 4.47. The number of hydrogen-bond donors (Lipinski definition) is 1. The van der Waals surface area contributed by atoms with Gasteiger partial charge in [0.1, 0.15) is 11.6 Å². The maximum absolute atomic E-state index is 13.6. The molecule has 2 unspecified atom stereocenters. The molecule has 5 heteroatoms. The van der Waals surface area contributed by atoms with Gasteiger partial charge in [-0.25, -0.2) is 8.78 Å². The van der Waals surface area contributed by atoms with Gasteiger partial charge in [-0.15, -0.1) is 0 Å². The van der Waals surface area contributed by atoms with Crippen LogP contribution in [0.2, 0.25) is 0 Å². The Balaban J connectivity index is 2.02. The number of piperidine rings is 1. The van der Waals surface area contributed by atoms with E-state index in [0.29, 0.717) is 24.9 Å². The Labute approximate surface area is 111 Å². The normalized spacial score (nSPS) is 23.1. The predicted molar refractivity (Wildman–Crippen MR) is 66.6 cm³/mol. The van der Waals surface area contributed by atoms with Crippen LogP contribution >= 0.6 is 0 Å². The van der Waals surface area contributed by atoms with Crippen molar-refractivity contribution in [2.45, 2.75) is 25.3 Å². The van der Waals surface area contributed by atoms with Crippen molar-refractivity contribution in [2.75, 3.05) is 13.7 Å². The Morgan fingerprint density at radius 3 is 3.00 bits per heavy atom. The number of rotatable bonds is 3. The number of methoxy groups -OCH3 is 1. The second kappa shape index (κ2) is 6.10. The zero-order valence-corrected chi connectivity index (χ0v) is 10.8. The van der Waals surface area contributed by atoms with Gasteiger partial charge in [0.2, 0.25) is 0 Å². The maximum atomic E-state index is 13.6. The highest BCUT2D eigenvalue weighted by Crippen LogP contribution is 2.21. The Morgan fingerprint density at radius 2 is 2.26 bits per heavy atom. The van der Waals surface area contributed by atoms with Crippen LogP contribution in [0.3, 0.4) is 0 Å². The van der Waals surface area contributed by atoms with Gasteiger partial charge < -0.3 is 10.1 Å². The van der Waals surface area contributed by atoms with E-state index in [1.54, 1.807) is 0 Å². The molecule has 1 heterocycles. The molecule has 0 aliphatic carbocycles. The summed E-state index contributed by atoms with van der Waals surface area (Å²) < 4.78 is 31.4. The average Bonchev–Trinajstić information content (AvgIpc) is 2.42. The molecule has 1 aliphatic rings. The third kappa shape index (κ3) is 3.50. The van der Waals surface area contributed by atoms with Gasteiger partial charge in [0, 0.05) is 6.04 Å². The standard InChI is InChI=1S/C14H17F2NO2/c1-19-14(18)9-4-5-17-12(7-9)8-10-6-11(15)2-3-13(10)16/h2-3,6,9,12,17H,4-5,7-8H2,1H3. The number of hydrogen-bond acceptors (Lipinski definition) is 3. The molecule has 0 radical (unpaired) electrons. The minimum atomic E-state index is -0.447.